The quantitative estimate of drug-likeness (QED) is 0.697. The van der Waals surface area contributed by atoms with Crippen LogP contribution in [0.1, 0.15) is 6.92 Å². The molecule has 3 heteroatoms. The minimum Gasteiger partial charge on any atom is -0.375 e. The summed E-state index contributed by atoms with van der Waals surface area (Å²) in [4.78, 5) is 6.49. The van der Waals surface area contributed by atoms with E-state index in [0.29, 0.717) is 6.10 Å². The molecule has 1 fully saturated rings. The Morgan fingerprint density at radius 3 is 3.00 bits per heavy atom. The molecule has 1 aromatic rings. The fourth-order valence-corrected chi connectivity index (χ4v) is 1.51. The first-order valence-electron chi connectivity index (χ1n) is 4.67. The van der Waals surface area contributed by atoms with Crippen LogP contribution in [0.2, 0.25) is 0 Å². The van der Waals surface area contributed by atoms with Gasteiger partial charge in [0.25, 0.3) is 0 Å². The lowest BCUT2D eigenvalue weighted by Crippen LogP contribution is -2.52. The predicted molar refractivity (Wildman–Crippen MR) is 51.9 cm³/mol. The highest BCUT2D eigenvalue weighted by atomic mass is 16.5. The number of pyridine rings is 1. The van der Waals surface area contributed by atoms with Crippen molar-refractivity contribution in [1.82, 2.24) is 4.98 Å². The summed E-state index contributed by atoms with van der Waals surface area (Å²) in [5.74, 6) is 1.05. The molecule has 0 atom stereocenters. The summed E-state index contributed by atoms with van der Waals surface area (Å²) in [5.41, 5.74) is 0. The topological polar surface area (TPSA) is 25.4 Å². The Labute approximate surface area is 78.3 Å². The van der Waals surface area contributed by atoms with Gasteiger partial charge in [-0.15, -0.1) is 0 Å². The standard InChI is InChI=1S/C10H14N2O/c1-2-13-9-7-12(8-9)10-5-3-4-6-11-10/h3-6,9H,2,7-8H2,1H3. The largest absolute Gasteiger partial charge is 0.375 e. The first-order valence-corrected chi connectivity index (χ1v) is 4.67. The van der Waals surface area contributed by atoms with E-state index < -0.39 is 0 Å². The zero-order chi connectivity index (χ0) is 9.10. The summed E-state index contributed by atoms with van der Waals surface area (Å²) in [6.07, 6.45) is 2.23. The molecule has 0 aromatic carbocycles. The van der Waals surface area contributed by atoms with E-state index in [9.17, 15) is 0 Å². The van der Waals surface area contributed by atoms with Crippen LogP contribution in [0.4, 0.5) is 5.82 Å². The van der Waals surface area contributed by atoms with E-state index in [4.69, 9.17) is 4.74 Å². The monoisotopic (exact) mass is 178 g/mol. The van der Waals surface area contributed by atoms with Crippen LogP contribution in [0.15, 0.2) is 24.4 Å². The molecule has 70 valence electrons. The summed E-state index contributed by atoms with van der Waals surface area (Å²) in [7, 11) is 0. The maximum absolute atomic E-state index is 5.46. The Hall–Kier alpha value is -1.09. The number of rotatable bonds is 3. The van der Waals surface area contributed by atoms with Gasteiger partial charge in [-0.05, 0) is 19.1 Å². The van der Waals surface area contributed by atoms with E-state index in [0.717, 1.165) is 25.5 Å². The average Bonchev–Trinajstić information content (AvgIpc) is 2.12. The summed E-state index contributed by atoms with van der Waals surface area (Å²) < 4.78 is 5.46. The Morgan fingerprint density at radius 1 is 1.54 bits per heavy atom. The van der Waals surface area contributed by atoms with E-state index >= 15 is 0 Å². The van der Waals surface area contributed by atoms with Gasteiger partial charge < -0.3 is 9.64 Å². The Balaban J connectivity index is 1.87. The van der Waals surface area contributed by atoms with Gasteiger partial charge >= 0.3 is 0 Å². The van der Waals surface area contributed by atoms with Crippen molar-refractivity contribution in [2.75, 3.05) is 24.6 Å². The lowest BCUT2D eigenvalue weighted by molar-refractivity contribution is 0.0427. The van der Waals surface area contributed by atoms with Gasteiger partial charge in [-0.3, -0.25) is 0 Å². The van der Waals surface area contributed by atoms with Crippen molar-refractivity contribution in [3.8, 4) is 0 Å². The zero-order valence-corrected chi connectivity index (χ0v) is 7.81. The predicted octanol–water partition coefficient (Wildman–Crippen LogP) is 1.31. The molecule has 0 bridgehead atoms. The molecule has 1 saturated heterocycles. The molecule has 0 radical (unpaired) electrons. The third-order valence-electron chi connectivity index (χ3n) is 2.22. The Bertz CT molecular complexity index is 257. The van der Waals surface area contributed by atoms with Crippen LogP contribution >= 0.6 is 0 Å². The highest BCUT2D eigenvalue weighted by molar-refractivity contribution is 5.41. The molecular weight excluding hydrogens is 164 g/mol. The molecule has 3 nitrogen and oxygen atoms in total. The molecule has 0 spiro atoms. The highest BCUT2D eigenvalue weighted by Gasteiger charge is 2.27. The molecular formula is C10H14N2O. The van der Waals surface area contributed by atoms with Gasteiger partial charge in [0.15, 0.2) is 0 Å². The van der Waals surface area contributed by atoms with Crippen LogP contribution < -0.4 is 4.90 Å². The van der Waals surface area contributed by atoms with E-state index in [1.807, 2.05) is 31.3 Å². The smallest absolute Gasteiger partial charge is 0.128 e. The molecule has 1 aliphatic heterocycles. The molecule has 0 amide bonds. The van der Waals surface area contributed by atoms with Crippen LogP contribution in [0.3, 0.4) is 0 Å². The van der Waals surface area contributed by atoms with Crippen LogP contribution in [0, 0.1) is 0 Å². The molecule has 13 heavy (non-hydrogen) atoms. The molecule has 2 rings (SSSR count). The van der Waals surface area contributed by atoms with E-state index in [-0.39, 0.29) is 0 Å². The van der Waals surface area contributed by atoms with Crippen molar-refractivity contribution in [2.24, 2.45) is 0 Å². The Kier molecular flexibility index (Phi) is 2.45. The van der Waals surface area contributed by atoms with Gasteiger partial charge in [-0.2, -0.15) is 0 Å². The Morgan fingerprint density at radius 2 is 2.38 bits per heavy atom. The number of aromatic nitrogens is 1. The molecule has 0 unspecified atom stereocenters. The average molecular weight is 178 g/mol. The third kappa shape index (κ3) is 1.80. The summed E-state index contributed by atoms with van der Waals surface area (Å²) in [5, 5.41) is 0. The van der Waals surface area contributed by atoms with Crippen LogP contribution in [-0.4, -0.2) is 30.8 Å². The van der Waals surface area contributed by atoms with Gasteiger partial charge in [0.05, 0.1) is 6.10 Å². The minimum atomic E-state index is 0.409. The number of nitrogens with zero attached hydrogens (tertiary/aromatic N) is 2. The maximum atomic E-state index is 5.46. The molecule has 0 saturated carbocycles. The van der Waals surface area contributed by atoms with E-state index in [2.05, 4.69) is 9.88 Å². The first-order chi connectivity index (χ1) is 6.40. The van der Waals surface area contributed by atoms with Crippen LogP contribution in [-0.2, 0) is 4.74 Å². The van der Waals surface area contributed by atoms with Gasteiger partial charge in [0.1, 0.15) is 5.82 Å². The summed E-state index contributed by atoms with van der Waals surface area (Å²) >= 11 is 0. The first kappa shape index (κ1) is 8.51. The van der Waals surface area contributed by atoms with Crippen molar-refractivity contribution in [1.29, 1.82) is 0 Å². The van der Waals surface area contributed by atoms with E-state index in [1.165, 1.54) is 0 Å². The second-order valence-electron chi connectivity index (χ2n) is 3.17. The van der Waals surface area contributed by atoms with Crippen molar-refractivity contribution in [2.45, 2.75) is 13.0 Å². The lowest BCUT2D eigenvalue weighted by Gasteiger charge is -2.39. The number of hydrogen-bond acceptors (Lipinski definition) is 3. The van der Waals surface area contributed by atoms with Crippen molar-refractivity contribution < 1.29 is 4.74 Å². The van der Waals surface area contributed by atoms with Crippen LogP contribution in [0.5, 0.6) is 0 Å². The van der Waals surface area contributed by atoms with Crippen molar-refractivity contribution in [3.05, 3.63) is 24.4 Å². The summed E-state index contributed by atoms with van der Waals surface area (Å²) in [6, 6.07) is 5.97. The zero-order valence-electron chi connectivity index (χ0n) is 7.81. The fourth-order valence-electron chi connectivity index (χ4n) is 1.51. The number of hydrogen-bond donors (Lipinski definition) is 0. The molecule has 1 aromatic heterocycles. The second kappa shape index (κ2) is 3.75. The maximum Gasteiger partial charge on any atom is 0.128 e. The summed E-state index contributed by atoms with van der Waals surface area (Å²) in [6.45, 7) is 4.79. The SMILES string of the molecule is CCOC1CN(c2ccccn2)C1. The minimum absolute atomic E-state index is 0.409. The highest BCUT2D eigenvalue weighted by Crippen LogP contribution is 2.19. The van der Waals surface area contributed by atoms with Gasteiger partial charge in [0, 0.05) is 25.9 Å². The molecule has 1 aliphatic rings. The van der Waals surface area contributed by atoms with Gasteiger partial charge in [0.2, 0.25) is 0 Å². The molecule has 2 heterocycles. The van der Waals surface area contributed by atoms with Gasteiger partial charge in [-0.1, -0.05) is 6.07 Å². The molecule has 0 N–H and O–H groups in total. The van der Waals surface area contributed by atoms with Crippen molar-refractivity contribution >= 4 is 5.82 Å². The lowest BCUT2D eigenvalue weighted by atomic mass is 10.1. The molecule has 0 aliphatic carbocycles. The third-order valence-corrected chi connectivity index (χ3v) is 2.22. The normalized spacial score (nSPS) is 17.2. The van der Waals surface area contributed by atoms with Gasteiger partial charge in [-0.25, -0.2) is 4.98 Å². The second-order valence-corrected chi connectivity index (χ2v) is 3.17. The van der Waals surface area contributed by atoms with Crippen LogP contribution in [0.25, 0.3) is 0 Å². The van der Waals surface area contributed by atoms with E-state index in [1.54, 1.807) is 0 Å². The van der Waals surface area contributed by atoms with Crippen molar-refractivity contribution in [3.63, 3.8) is 0 Å². The number of anilines is 1. The fraction of sp³-hybridized carbons (Fsp3) is 0.500. The number of ether oxygens (including phenoxy) is 1.